The normalized spacial score (nSPS) is 14.1. The molecule has 7 rings (SSSR count). The molecule has 9 nitrogen and oxygen atoms in total. The fourth-order valence-corrected chi connectivity index (χ4v) is 6.23. The Morgan fingerprint density at radius 1 is 1.12 bits per heavy atom. The van der Waals surface area contributed by atoms with Crippen molar-refractivity contribution < 1.29 is 23.0 Å². The van der Waals surface area contributed by atoms with E-state index in [9.17, 15) is 14.0 Å². The van der Waals surface area contributed by atoms with Crippen LogP contribution in [-0.4, -0.2) is 31.6 Å². The Hall–Kier alpha value is -5.36. The molecule has 2 N–H and O–H groups in total. The largest absolute Gasteiger partial charge is 0.489 e. The number of fused-ring (bicyclic) bond motifs is 2. The van der Waals surface area contributed by atoms with E-state index < -0.39 is 35.6 Å². The molecule has 1 atom stereocenters. The van der Waals surface area contributed by atoms with Gasteiger partial charge in [-0.2, -0.15) is 0 Å². The second-order valence-corrected chi connectivity index (χ2v) is 10.9. The van der Waals surface area contributed by atoms with Crippen LogP contribution >= 0.6 is 11.3 Å². The van der Waals surface area contributed by atoms with Crippen molar-refractivity contribution >= 4 is 27.5 Å². The number of aryl methyl sites for hydroxylation is 1. The molecule has 1 aliphatic rings. The Labute approximate surface area is 246 Å². The van der Waals surface area contributed by atoms with Crippen LogP contribution in [0.5, 0.6) is 17.2 Å². The lowest BCUT2D eigenvalue weighted by molar-refractivity contribution is 0.0995. The molecule has 0 spiro atoms. The predicted molar refractivity (Wildman–Crippen MR) is 157 cm³/mol. The predicted octanol–water partition coefficient (Wildman–Crippen LogP) is 5.95. The summed E-state index contributed by atoms with van der Waals surface area (Å²) in [4.78, 5) is 36.1. The number of para-hydroxylation sites is 1. The maximum absolute atomic E-state index is 15.6. The quantitative estimate of drug-likeness (QED) is 0.254. The summed E-state index contributed by atoms with van der Waals surface area (Å²) in [6, 6.07) is 15.5. The van der Waals surface area contributed by atoms with Crippen LogP contribution in [0.1, 0.15) is 22.1 Å². The van der Waals surface area contributed by atoms with Gasteiger partial charge >= 0.3 is 0 Å². The fourth-order valence-electron chi connectivity index (χ4n) is 5.20. The van der Waals surface area contributed by atoms with Gasteiger partial charge in [0, 0.05) is 36.8 Å². The number of imidazole rings is 1. The molecule has 1 amide bonds. The lowest BCUT2D eigenvalue weighted by atomic mass is 9.98. The van der Waals surface area contributed by atoms with Crippen molar-refractivity contribution in [2.45, 2.75) is 6.17 Å². The van der Waals surface area contributed by atoms with E-state index in [1.807, 2.05) is 23.9 Å². The van der Waals surface area contributed by atoms with Gasteiger partial charge in [0.2, 0.25) is 0 Å². The van der Waals surface area contributed by atoms with E-state index in [1.165, 1.54) is 23.5 Å². The maximum Gasteiger partial charge on any atom is 0.272 e. The van der Waals surface area contributed by atoms with Crippen molar-refractivity contribution in [1.29, 1.82) is 0 Å². The van der Waals surface area contributed by atoms with E-state index in [1.54, 1.807) is 42.9 Å². The van der Waals surface area contributed by atoms with Crippen LogP contribution in [0.4, 0.5) is 8.78 Å². The number of halogens is 2. The molecule has 5 heterocycles. The van der Waals surface area contributed by atoms with E-state index in [4.69, 9.17) is 15.2 Å². The smallest absolute Gasteiger partial charge is 0.272 e. The summed E-state index contributed by atoms with van der Waals surface area (Å²) >= 11 is 1.46. The Kier molecular flexibility index (Phi) is 6.28. The number of hydrogen-bond donors (Lipinski definition) is 1. The molecule has 0 radical (unpaired) electrons. The zero-order chi connectivity index (χ0) is 29.8. The van der Waals surface area contributed by atoms with E-state index in [0.29, 0.717) is 22.6 Å². The summed E-state index contributed by atoms with van der Waals surface area (Å²) in [7, 11) is 1.89. The average molecular weight is 598 g/mol. The molecule has 4 aromatic heterocycles. The molecule has 0 bridgehead atoms. The van der Waals surface area contributed by atoms with Crippen molar-refractivity contribution in [3.63, 3.8) is 0 Å². The van der Waals surface area contributed by atoms with Crippen molar-refractivity contribution in [3.05, 3.63) is 107 Å². The lowest BCUT2D eigenvalue weighted by Gasteiger charge is -2.21. The third kappa shape index (κ3) is 4.43. The molecule has 43 heavy (non-hydrogen) atoms. The molecule has 0 saturated heterocycles. The molecule has 0 aliphatic carbocycles. The average Bonchev–Trinajstić information content (AvgIpc) is 3.72. The second kappa shape index (κ2) is 10.2. The van der Waals surface area contributed by atoms with Gasteiger partial charge in [-0.25, -0.2) is 13.8 Å². The van der Waals surface area contributed by atoms with E-state index in [2.05, 4.69) is 9.97 Å². The number of amides is 1. The van der Waals surface area contributed by atoms with Gasteiger partial charge in [0.05, 0.1) is 38.4 Å². The highest BCUT2D eigenvalue weighted by molar-refractivity contribution is 7.22. The number of nitrogens with zero attached hydrogens (tertiary/aromatic N) is 4. The SMILES string of the molecule is Cn1cnc(-c2cc3nccc(Oc4ccccc4-c4c5c(c(C(N)=O)c(=O)n4-c4ccc(F)cc4)OCC5F)c3s2)c1. The van der Waals surface area contributed by atoms with E-state index in [-0.39, 0.29) is 22.7 Å². The maximum atomic E-state index is 15.6. The van der Waals surface area contributed by atoms with Crippen LogP contribution in [-0.2, 0) is 7.05 Å². The summed E-state index contributed by atoms with van der Waals surface area (Å²) < 4.78 is 45.3. The Morgan fingerprint density at radius 3 is 2.65 bits per heavy atom. The zero-order valence-electron chi connectivity index (χ0n) is 22.5. The first-order valence-electron chi connectivity index (χ1n) is 13.1. The van der Waals surface area contributed by atoms with Gasteiger partial charge in [0.1, 0.15) is 35.2 Å². The number of hydrogen-bond acceptors (Lipinski definition) is 7. The van der Waals surface area contributed by atoms with Gasteiger partial charge in [-0.3, -0.25) is 19.1 Å². The van der Waals surface area contributed by atoms with Gasteiger partial charge in [0.15, 0.2) is 6.17 Å². The molecule has 6 aromatic rings. The summed E-state index contributed by atoms with van der Waals surface area (Å²) in [5, 5.41) is 0. The minimum absolute atomic E-state index is 0.0257. The highest BCUT2D eigenvalue weighted by Crippen LogP contribution is 2.47. The third-order valence-electron chi connectivity index (χ3n) is 7.08. The Morgan fingerprint density at radius 2 is 1.91 bits per heavy atom. The highest BCUT2D eigenvalue weighted by atomic mass is 32.1. The van der Waals surface area contributed by atoms with Gasteiger partial charge < -0.3 is 19.8 Å². The van der Waals surface area contributed by atoms with E-state index >= 15 is 4.39 Å². The number of thiophene rings is 1. The highest BCUT2D eigenvalue weighted by Gasteiger charge is 2.37. The number of pyridine rings is 2. The van der Waals surface area contributed by atoms with Gasteiger partial charge in [0.25, 0.3) is 11.5 Å². The first kappa shape index (κ1) is 26.5. The van der Waals surface area contributed by atoms with Crippen molar-refractivity contribution in [2.75, 3.05) is 6.61 Å². The number of benzene rings is 2. The van der Waals surface area contributed by atoms with Crippen LogP contribution in [0.2, 0.25) is 0 Å². The number of carbonyl (C=O) groups excluding carboxylic acids is 1. The van der Waals surface area contributed by atoms with Crippen LogP contribution in [0.15, 0.2) is 84.2 Å². The Balaban J connectivity index is 1.45. The van der Waals surface area contributed by atoms with Crippen LogP contribution in [0.3, 0.4) is 0 Å². The minimum atomic E-state index is -1.69. The molecule has 1 unspecified atom stereocenters. The number of alkyl halides is 1. The van der Waals surface area contributed by atoms with Crippen LogP contribution < -0.4 is 20.8 Å². The minimum Gasteiger partial charge on any atom is -0.489 e. The molecule has 1 aliphatic heterocycles. The second-order valence-electron chi connectivity index (χ2n) is 9.88. The first-order valence-corrected chi connectivity index (χ1v) is 13.9. The first-order chi connectivity index (χ1) is 20.8. The molecule has 2 aromatic carbocycles. The molecule has 12 heteroatoms. The standard InChI is InChI=1S/C31H21F2N5O4S/c1-37-13-21(36-15-37)24-12-20-29(43-24)23(10-11-35-20)42-22-5-3-2-4-18(22)27-25-19(33)14-41-28(25)26(30(34)39)31(40)38(27)17-8-6-16(32)7-9-17/h2-13,15,19H,14H2,1H3,(H2,34,39). The van der Waals surface area contributed by atoms with E-state index in [0.717, 1.165) is 32.0 Å². The van der Waals surface area contributed by atoms with Gasteiger partial charge in [-0.05, 0) is 42.5 Å². The summed E-state index contributed by atoms with van der Waals surface area (Å²) in [6.07, 6.45) is 3.55. The number of primary amides is 1. The third-order valence-corrected chi connectivity index (χ3v) is 8.24. The number of aromatic nitrogens is 4. The Bertz CT molecular complexity index is 2120. The molecular weight excluding hydrogens is 576 g/mol. The van der Waals surface area contributed by atoms with Crippen LogP contribution in [0, 0.1) is 5.82 Å². The summed E-state index contributed by atoms with van der Waals surface area (Å²) in [6.45, 7) is -0.408. The lowest BCUT2D eigenvalue weighted by Crippen LogP contribution is -2.31. The number of rotatable bonds is 6. The summed E-state index contributed by atoms with van der Waals surface area (Å²) in [5.41, 5.74) is 6.36. The number of nitrogens with two attached hydrogens (primary N) is 1. The van der Waals surface area contributed by atoms with Crippen molar-refractivity contribution in [2.24, 2.45) is 12.8 Å². The molecule has 0 fully saturated rings. The molecule has 0 saturated carbocycles. The zero-order valence-corrected chi connectivity index (χ0v) is 23.3. The number of carbonyl (C=O) groups is 1. The monoisotopic (exact) mass is 597 g/mol. The van der Waals surface area contributed by atoms with Crippen LogP contribution in [0.25, 0.3) is 37.7 Å². The summed E-state index contributed by atoms with van der Waals surface area (Å²) in [5.74, 6) is -1.03. The topological polar surface area (TPSA) is 114 Å². The molecule has 214 valence electrons. The van der Waals surface area contributed by atoms with Crippen molar-refractivity contribution in [1.82, 2.24) is 19.1 Å². The number of ether oxygens (including phenoxy) is 2. The fraction of sp³-hybridized carbons (Fsp3) is 0.0968. The molecular formula is C31H21F2N5O4S. The van der Waals surface area contributed by atoms with Crippen molar-refractivity contribution in [3.8, 4) is 44.8 Å². The van der Waals surface area contributed by atoms with Gasteiger partial charge in [-0.1, -0.05) is 12.1 Å². The van der Waals surface area contributed by atoms with Gasteiger partial charge in [-0.15, -0.1) is 11.3 Å².